The van der Waals surface area contributed by atoms with Gasteiger partial charge in [0.25, 0.3) is 0 Å². The average molecular weight is 288 g/mol. The van der Waals surface area contributed by atoms with Crippen molar-refractivity contribution < 1.29 is 8.42 Å². The topological polar surface area (TPSA) is 59.1 Å². The third-order valence-corrected chi connectivity index (χ3v) is 5.89. The molecule has 0 atom stereocenters. The van der Waals surface area contributed by atoms with Crippen molar-refractivity contribution in [2.75, 3.05) is 6.54 Å². The highest BCUT2D eigenvalue weighted by Crippen LogP contribution is 2.15. The van der Waals surface area contributed by atoms with Crippen molar-refractivity contribution in [3.8, 4) is 0 Å². The van der Waals surface area contributed by atoms with E-state index in [0.717, 1.165) is 9.88 Å². The first kappa shape index (κ1) is 12.7. The van der Waals surface area contributed by atoms with Crippen LogP contribution in [0.2, 0.25) is 0 Å². The van der Waals surface area contributed by atoms with Gasteiger partial charge in [-0.1, -0.05) is 6.07 Å². The van der Waals surface area contributed by atoms with Crippen LogP contribution in [0.5, 0.6) is 0 Å². The van der Waals surface area contributed by atoms with Crippen molar-refractivity contribution in [1.82, 2.24) is 9.71 Å². The SMILES string of the molecule is Cc1cnc(CCNS(=O)(=O)c2cccs2)s1. The molecule has 2 aromatic heterocycles. The number of sulfonamides is 1. The van der Waals surface area contributed by atoms with E-state index in [1.54, 1.807) is 35.0 Å². The predicted octanol–water partition coefficient (Wildman–Crippen LogP) is 2.03. The Hall–Kier alpha value is -0.760. The fourth-order valence-corrected chi connectivity index (χ4v) is 4.15. The molecule has 0 saturated carbocycles. The Bertz CT molecular complexity index is 572. The highest BCUT2D eigenvalue weighted by molar-refractivity contribution is 7.91. The summed E-state index contributed by atoms with van der Waals surface area (Å²) in [5.74, 6) is 0. The van der Waals surface area contributed by atoms with Gasteiger partial charge in [-0.2, -0.15) is 0 Å². The minimum absolute atomic E-state index is 0.354. The first-order valence-electron chi connectivity index (χ1n) is 5.02. The molecule has 7 heteroatoms. The molecule has 0 aromatic carbocycles. The second-order valence-electron chi connectivity index (χ2n) is 3.44. The summed E-state index contributed by atoms with van der Waals surface area (Å²) in [6, 6.07) is 3.32. The summed E-state index contributed by atoms with van der Waals surface area (Å²) in [5, 5.41) is 2.70. The third-order valence-electron chi connectivity index (χ3n) is 2.06. The lowest BCUT2D eigenvalue weighted by Crippen LogP contribution is -2.25. The van der Waals surface area contributed by atoms with Gasteiger partial charge in [0.05, 0.1) is 5.01 Å². The van der Waals surface area contributed by atoms with E-state index < -0.39 is 10.0 Å². The van der Waals surface area contributed by atoms with E-state index in [9.17, 15) is 8.42 Å². The van der Waals surface area contributed by atoms with E-state index in [-0.39, 0.29) is 0 Å². The lowest BCUT2D eigenvalue weighted by molar-refractivity contribution is 0.583. The Kier molecular flexibility index (Phi) is 3.93. The summed E-state index contributed by atoms with van der Waals surface area (Å²) in [7, 11) is -3.33. The molecule has 0 bridgehead atoms. The van der Waals surface area contributed by atoms with E-state index in [4.69, 9.17) is 0 Å². The second kappa shape index (κ2) is 5.26. The molecule has 2 heterocycles. The molecular formula is C10H12N2O2S3. The summed E-state index contributed by atoms with van der Waals surface area (Å²) < 4.78 is 26.5. The molecule has 17 heavy (non-hydrogen) atoms. The number of thiophene rings is 1. The van der Waals surface area contributed by atoms with Gasteiger partial charge < -0.3 is 0 Å². The average Bonchev–Trinajstić information content (AvgIpc) is 2.89. The van der Waals surface area contributed by atoms with Crippen LogP contribution in [0.25, 0.3) is 0 Å². The summed E-state index contributed by atoms with van der Waals surface area (Å²) in [5.41, 5.74) is 0. The number of thiazole rings is 1. The summed E-state index contributed by atoms with van der Waals surface area (Å²) in [4.78, 5) is 5.32. The van der Waals surface area contributed by atoms with Gasteiger partial charge in [-0.05, 0) is 18.4 Å². The van der Waals surface area contributed by atoms with Gasteiger partial charge in [-0.3, -0.25) is 0 Å². The molecule has 0 aliphatic carbocycles. The van der Waals surface area contributed by atoms with Crippen molar-refractivity contribution >= 4 is 32.7 Å². The van der Waals surface area contributed by atoms with Gasteiger partial charge in [0, 0.05) is 24.0 Å². The maximum absolute atomic E-state index is 11.8. The Morgan fingerprint density at radius 3 is 2.88 bits per heavy atom. The van der Waals surface area contributed by atoms with Gasteiger partial charge in [0.2, 0.25) is 10.0 Å². The molecule has 0 fully saturated rings. The first-order chi connectivity index (χ1) is 8.08. The molecule has 1 N–H and O–H groups in total. The van der Waals surface area contributed by atoms with Crippen LogP contribution in [0.3, 0.4) is 0 Å². The normalized spacial score (nSPS) is 11.8. The number of aromatic nitrogens is 1. The smallest absolute Gasteiger partial charge is 0.249 e. The summed E-state index contributed by atoms with van der Waals surface area (Å²) >= 11 is 2.81. The third kappa shape index (κ3) is 3.35. The molecular weight excluding hydrogens is 276 g/mol. The molecule has 92 valence electrons. The largest absolute Gasteiger partial charge is 0.250 e. The molecule has 0 radical (unpaired) electrons. The van der Waals surface area contributed by atoms with Crippen molar-refractivity contribution in [3.63, 3.8) is 0 Å². The Morgan fingerprint density at radius 2 is 2.29 bits per heavy atom. The monoisotopic (exact) mass is 288 g/mol. The Labute approximate surface area is 108 Å². The first-order valence-corrected chi connectivity index (χ1v) is 8.20. The van der Waals surface area contributed by atoms with Crippen LogP contribution >= 0.6 is 22.7 Å². The Balaban J connectivity index is 1.91. The fourth-order valence-electron chi connectivity index (χ4n) is 1.30. The van der Waals surface area contributed by atoms with Gasteiger partial charge in [0.15, 0.2) is 0 Å². The molecule has 0 amide bonds. The van der Waals surface area contributed by atoms with Crippen LogP contribution < -0.4 is 4.72 Å². The zero-order chi connectivity index (χ0) is 12.3. The molecule has 4 nitrogen and oxygen atoms in total. The maximum atomic E-state index is 11.8. The van der Waals surface area contributed by atoms with Crippen LogP contribution in [0.4, 0.5) is 0 Å². The van der Waals surface area contributed by atoms with Crippen LogP contribution in [0, 0.1) is 6.92 Å². The minimum atomic E-state index is -3.33. The van der Waals surface area contributed by atoms with Gasteiger partial charge in [-0.25, -0.2) is 18.1 Å². The van der Waals surface area contributed by atoms with Crippen LogP contribution in [0.15, 0.2) is 27.9 Å². The maximum Gasteiger partial charge on any atom is 0.250 e. The second-order valence-corrected chi connectivity index (χ2v) is 7.71. The van der Waals surface area contributed by atoms with Crippen LogP contribution in [-0.2, 0) is 16.4 Å². The van der Waals surface area contributed by atoms with E-state index in [1.165, 1.54) is 11.3 Å². The summed E-state index contributed by atoms with van der Waals surface area (Å²) in [6.07, 6.45) is 2.43. The Morgan fingerprint density at radius 1 is 1.47 bits per heavy atom. The van der Waals surface area contributed by atoms with Crippen LogP contribution in [-0.4, -0.2) is 19.9 Å². The van der Waals surface area contributed by atoms with Crippen molar-refractivity contribution in [2.45, 2.75) is 17.6 Å². The number of hydrogen-bond donors (Lipinski definition) is 1. The zero-order valence-corrected chi connectivity index (χ0v) is 11.7. The molecule has 0 unspecified atom stereocenters. The van der Waals surface area contributed by atoms with Crippen molar-refractivity contribution in [1.29, 1.82) is 0 Å². The van der Waals surface area contributed by atoms with Gasteiger partial charge >= 0.3 is 0 Å². The fraction of sp³-hybridized carbons (Fsp3) is 0.300. The molecule has 0 saturated heterocycles. The number of aryl methyl sites for hydroxylation is 1. The molecule has 2 rings (SSSR count). The lowest BCUT2D eigenvalue weighted by Gasteiger charge is -2.02. The molecule has 0 aliphatic rings. The minimum Gasteiger partial charge on any atom is -0.249 e. The molecule has 0 aliphatic heterocycles. The van der Waals surface area contributed by atoms with Crippen molar-refractivity contribution in [3.05, 3.63) is 33.6 Å². The highest BCUT2D eigenvalue weighted by Gasteiger charge is 2.14. The number of hydrogen-bond acceptors (Lipinski definition) is 5. The predicted molar refractivity (Wildman–Crippen MR) is 70.1 cm³/mol. The summed E-state index contributed by atoms with van der Waals surface area (Å²) in [6.45, 7) is 2.37. The van der Waals surface area contributed by atoms with Gasteiger partial charge in [0.1, 0.15) is 4.21 Å². The standard InChI is InChI=1S/C10H12N2O2S3/c1-8-7-11-9(16-8)4-5-12-17(13,14)10-3-2-6-15-10/h2-3,6-7,12H,4-5H2,1H3. The zero-order valence-electron chi connectivity index (χ0n) is 9.21. The number of rotatable bonds is 5. The molecule has 0 spiro atoms. The van der Waals surface area contributed by atoms with Crippen molar-refractivity contribution in [2.24, 2.45) is 0 Å². The number of nitrogens with zero attached hydrogens (tertiary/aromatic N) is 1. The van der Waals surface area contributed by atoms with E-state index in [2.05, 4.69) is 9.71 Å². The number of nitrogens with one attached hydrogen (secondary N) is 1. The lowest BCUT2D eigenvalue weighted by atomic mass is 10.5. The van der Waals surface area contributed by atoms with E-state index in [1.807, 2.05) is 6.92 Å². The van der Waals surface area contributed by atoms with Gasteiger partial charge in [-0.15, -0.1) is 22.7 Å². The highest BCUT2D eigenvalue weighted by atomic mass is 32.2. The molecule has 2 aromatic rings. The quantitative estimate of drug-likeness (QED) is 0.916. The van der Waals surface area contributed by atoms with E-state index >= 15 is 0 Å². The van der Waals surface area contributed by atoms with E-state index in [0.29, 0.717) is 17.2 Å². The van der Waals surface area contributed by atoms with Crippen LogP contribution in [0.1, 0.15) is 9.88 Å².